The lowest BCUT2D eigenvalue weighted by atomic mass is 10.4. The van der Waals surface area contributed by atoms with Gasteiger partial charge in [-0.1, -0.05) is 19.6 Å². The molecule has 0 unspecified atom stereocenters. The van der Waals surface area contributed by atoms with Gasteiger partial charge >= 0.3 is 0 Å². The van der Waals surface area contributed by atoms with Crippen molar-refractivity contribution >= 4 is 19.7 Å². The highest BCUT2D eigenvalue weighted by atomic mass is 35.5. The summed E-state index contributed by atoms with van der Waals surface area (Å²) in [6, 6.07) is 1.20. The molecule has 0 aliphatic heterocycles. The number of ether oxygens (including phenoxy) is 1. The zero-order chi connectivity index (χ0) is 13.4. The molecule has 1 heterocycles. The van der Waals surface area contributed by atoms with E-state index >= 15 is 0 Å². The molecule has 0 atom stereocenters. The van der Waals surface area contributed by atoms with E-state index in [-0.39, 0.29) is 0 Å². The third-order valence-corrected chi connectivity index (χ3v) is 4.50. The van der Waals surface area contributed by atoms with Crippen LogP contribution in [0.2, 0.25) is 25.7 Å². The predicted octanol–water partition coefficient (Wildman–Crippen LogP) is 2.52. The highest BCUT2D eigenvalue weighted by molar-refractivity contribution is 6.76. The molecule has 0 fully saturated rings. The van der Waals surface area contributed by atoms with Crippen LogP contribution in [0, 0.1) is 0 Å². The lowest BCUT2D eigenvalue weighted by Gasteiger charge is -2.16. The molecule has 0 aromatic carbocycles. The molecule has 1 aromatic rings. The Morgan fingerprint density at radius 3 is 2.89 bits per heavy atom. The number of nitrogens with one attached hydrogen (secondary N) is 1. The lowest BCUT2D eigenvalue weighted by Crippen LogP contribution is -2.22. The molecule has 0 saturated carbocycles. The number of rotatable bonds is 9. The summed E-state index contributed by atoms with van der Waals surface area (Å²) in [6.07, 6.45) is 3.68. The number of nitrogens with zero attached hydrogens (tertiary/aromatic N) is 2. The Bertz CT molecular complexity index is 338. The van der Waals surface area contributed by atoms with Crippen molar-refractivity contribution in [1.82, 2.24) is 14.9 Å². The molecule has 1 rings (SSSR count). The smallest absolute Gasteiger partial charge is 0.124 e. The standard InChI is InChI=1S/C12H24ClN3OSi/c1-18(2,3)7-6-17-11-16-10-15-9-12(16)8-14-5-4-13/h9-10,14H,4-8,11H2,1-3H3. The minimum absolute atomic E-state index is 0.586. The molecule has 0 radical (unpaired) electrons. The molecule has 18 heavy (non-hydrogen) atoms. The van der Waals surface area contributed by atoms with Crippen LogP contribution in [0.3, 0.4) is 0 Å². The molecule has 1 aromatic heterocycles. The van der Waals surface area contributed by atoms with Gasteiger partial charge in [0.25, 0.3) is 0 Å². The normalized spacial score (nSPS) is 12.0. The molecule has 0 bridgehead atoms. The van der Waals surface area contributed by atoms with E-state index in [1.54, 1.807) is 0 Å². The summed E-state index contributed by atoms with van der Waals surface area (Å²) in [5.74, 6) is 0.626. The molecule has 1 N–H and O–H groups in total. The molecule has 6 heteroatoms. The molecule has 0 saturated heterocycles. The van der Waals surface area contributed by atoms with Crippen molar-refractivity contribution in [2.75, 3.05) is 19.0 Å². The summed E-state index contributed by atoms with van der Waals surface area (Å²) < 4.78 is 7.74. The third-order valence-electron chi connectivity index (χ3n) is 2.60. The van der Waals surface area contributed by atoms with Gasteiger partial charge in [0.05, 0.1) is 12.0 Å². The van der Waals surface area contributed by atoms with E-state index in [1.807, 2.05) is 17.1 Å². The number of alkyl halides is 1. The molecule has 0 spiro atoms. The monoisotopic (exact) mass is 289 g/mol. The van der Waals surface area contributed by atoms with Gasteiger partial charge in [-0.2, -0.15) is 0 Å². The molecule has 0 aliphatic rings. The number of hydrogen-bond donors (Lipinski definition) is 1. The van der Waals surface area contributed by atoms with Crippen LogP contribution in [0.15, 0.2) is 12.5 Å². The van der Waals surface area contributed by atoms with Crippen LogP contribution >= 0.6 is 11.6 Å². The van der Waals surface area contributed by atoms with Crippen LogP contribution in [-0.4, -0.2) is 36.7 Å². The van der Waals surface area contributed by atoms with Gasteiger partial charge in [0, 0.05) is 39.8 Å². The van der Waals surface area contributed by atoms with E-state index in [2.05, 4.69) is 29.9 Å². The van der Waals surface area contributed by atoms with Crippen LogP contribution in [-0.2, 0) is 18.0 Å². The Labute approximate surface area is 116 Å². The molecular formula is C12H24ClN3OSi. The molecule has 104 valence electrons. The maximum absolute atomic E-state index is 5.70. The third kappa shape index (κ3) is 6.54. The highest BCUT2D eigenvalue weighted by Crippen LogP contribution is 2.08. The quantitative estimate of drug-likeness (QED) is 0.431. The van der Waals surface area contributed by atoms with E-state index in [4.69, 9.17) is 16.3 Å². The van der Waals surface area contributed by atoms with E-state index in [0.717, 1.165) is 25.4 Å². The number of aromatic nitrogens is 2. The van der Waals surface area contributed by atoms with Crippen LogP contribution in [0.5, 0.6) is 0 Å². The Morgan fingerprint density at radius 1 is 1.44 bits per heavy atom. The summed E-state index contributed by atoms with van der Waals surface area (Å²) in [6.45, 7) is 10.1. The first-order chi connectivity index (χ1) is 8.53. The van der Waals surface area contributed by atoms with Crippen LogP contribution in [0.4, 0.5) is 0 Å². The van der Waals surface area contributed by atoms with Crippen molar-refractivity contribution in [3.63, 3.8) is 0 Å². The van der Waals surface area contributed by atoms with Gasteiger partial charge in [0.2, 0.25) is 0 Å². The van der Waals surface area contributed by atoms with Crippen LogP contribution < -0.4 is 5.32 Å². The maximum Gasteiger partial charge on any atom is 0.124 e. The zero-order valence-corrected chi connectivity index (χ0v) is 13.3. The first kappa shape index (κ1) is 15.7. The maximum atomic E-state index is 5.70. The summed E-state index contributed by atoms with van der Waals surface area (Å²) in [7, 11) is -0.996. The summed E-state index contributed by atoms with van der Waals surface area (Å²) in [5.41, 5.74) is 1.13. The first-order valence-electron chi connectivity index (χ1n) is 6.36. The second kappa shape index (κ2) is 7.94. The topological polar surface area (TPSA) is 39.1 Å². The SMILES string of the molecule is C[Si](C)(C)CCOCn1cncc1CNCCCl. The number of hydrogen-bond acceptors (Lipinski definition) is 3. The average molecular weight is 290 g/mol. The van der Waals surface area contributed by atoms with E-state index in [0.29, 0.717) is 12.6 Å². The number of imidazole rings is 1. The summed E-state index contributed by atoms with van der Waals surface area (Å²) in [4.78, 5) is 4.15. The second-order valence-electron chi connectivity index (χ2n) is 5.57. The number of halogens is 1. The van der Waals surface area contributed by atoms with Gasteiger partial charge in [-0.3, -0.25) is 0 Å². The van der Waals surface area contributed by atoms with Crippen LogP contribution in [0.1, 0.15) is 5.69 Å². The van der Waals surface area contributed by atoms with Gasteiger partial charge in [-0.05, 0) is 6.04 Å². The summed E-state index contributed by atoms with van der Waals surface area (Å²) >= 11 is 5.62. The predicted molar refractivity (Wildman–Crippen MR) is 78.8 cm³/mol. The minimum Gasteiger partial charge on any atom is -0.361 e. The van der Waals surface area contributed by atoms with E-state index in [9.17, 15) is 0 Å². The van der Waals surface area contributed by atoms with Crippen LogP contribution in [0.25, 0.3) is 0 Å². The van der Waals surface area contributed by atoms with E-state index < -0.39 is 8.07 Å². The Hall–Kier alpha value is -0.363. The summed E-state index contributed by atoms with van der Waals surface area (Å²) in [5, 5.41) is 3.25. The second-order valence-corrected chi connectivity index (χ2v) is 11.6. The van der Waals surface area contributed by atoms with Crippen molar-refractivity contribution in [1.29, 1.82) is 0 Å². The van der Waals surface area contributed by atoms with Gasteiger partial charge in [-0.25, -0.2) is 4.98 Å². The average Bonchev–Trinajstić information content (AvgIpc) is 2.71. The van der Waals surface area contributed by atoms with E-state index in [1.165, 1.54) is 6.04 Å². The zero-order valence-electron chi connectivity index (χ0n) is 11.6. The molecular weight excluding hydrogens is 266 g/mol. The molecule has 4 nitrogen and oxygen atoms in total. The minimum atomic E-state index is -0.996. The lowest BCUT2D eigenvalue weighted by molar-refractivity contribution is 0.0851. The Morgan fingerprint density at radius 2 is 2.22 bits per heavy atom. The fourth-order valence-electron chi connectivity index (χ4n) is 1.44. The van der Waals surface area contributed by atoms with Crippen molar-refractivity contribution < 1.29 is 4.74 Å². The fraction of sp³-hybridized carbons (Fsp3) is 0.750. The molecule has 0 aliphatic carbocycles. The van der Waals surface area contributed by atoms with Gasteiger partial charge in [-0.15, -0.1) is 11.6 Å². The molecule has 0 amide bonds. The van der Waals surface area contributed by atoms with Gasteiger partial charge < -0.3 is 14.6 Å². The van der Waals surface area contributed by atoms with Crippen molar-refractivity contribution in [3.8, 4) is 0 Å². The van der Waals surface area contributed by atoms with Crippen molar-refractivity contribution in [2.45, 2.75) is 39.0 Å². The Kier molecular flexibility index (Phi) is 6.92. The highest BCUT2D eigenvalue weighted by Gasteiger charge is 2.12. The van der Waals surface area contributed by atoms with Crippen molar-refractivity contribution in [3.05, 3.63) is 18.2 Å². The Balaban J connectivity index is 2.27. The van der Waals surface area contributed by atoms with Crippen molar-refractivity contribution in [2.24, 2.45) is 0 Å². The van der Waals surface area contributed by atoms with Gasteiger partial charge in [0.1, 0.15) is 6.73 Å². The largest absolute Gasteiger partial charge is 0.361 e. The van der Waals surface area contributed by atoms with Gasteiger partial charge in [0.15, 0.2) is 0 Å². The first-order valence-corrected chi connectivity index (χ1v) is 10.6. The fourth-order valence-corrected chi connectivity index (χ4v) is 2.33.